The van der Waals surface area contributed by atoms with Gasteiger partial charge in [-0.15, -0.1) is 0 Å². The number of carbonyl (C=O) groups is 1. The Kier molecular flexibility index (Phi) is 3.55. The molecule has 102 valence electrons. The first kappa shape index (κ1) is 12.3. The van der Waals surface area contributed by atoms with Crippen LogP contribution in [0.25, 0.3) is 0 Å². The van der Waals surface area contributed by atoms with E-state index < -0.39 is 0 Å². The summed E-state index contributed by atoms with van der Waals surface area (Å²) >= 11 is 0. The highest BCUT2D eigenvalue weighted by molar-refractivity contribution is 5.95. The van der Waals surface area contributed by atoms with Crippen molar-refractivity contribution in [3.05, 3.63) is 18.2 Å². The van der Waals surface area contributed by atoms with E-state index in [0.29, 0.717) is 19.0 Å². The highest BCUT2D eigenvalue weighted by Crippen LogP contribution is 2.32. The highest BCUT2D eigenvalue weighted by Gasteiger charge is 2.22. The summed E-state index contributed by atoms with van der Waals surface area (Å²) in [4.78, 5) is 12.0. The van der Waals surface area contributed by atoms with Gasteiger partial charge in [-0.05, 0) is 31.5 Å². The Bertz CT molecular complexity index is 470. The lowest BCUT2D eigenvalue weighted by molar-refractivity contribution is -0.117. The summed E-state index contributed by atoms with van der Waals surface area (Å²) in [5.74, 6) is 1.47. The quantitative estimate of drug-likeness (QED) is 0.848. The minimum atomic E-state index is -0.0732. The average molecular weight is 262 g/mol. The van der Waals surface area contributed by atoms with Gasteiger partial charge < -0.3 is 20.1 Å². The van der Waals surface area contributed by atoms with Crippen molar-refractivity contribution in [2.24, 2.45) is 0 Å². The topological polar surface area (TPSA) is 59.6 Å². The van der Waals surface area contributed by atoms with E-state index in [-0.39, 0.29) is 11.9 Å². The van der Waals surface area contributed by atoms with Crippen LogP contribution in [0.1, 0.15) is 19.3 Å². The molecule has 1 saturated heterocycles. The van der Waals surface area contributed by atoms with Crippen LogP contribution in [-0.2, 0) is 4.79 Å². The smallest absolute Gasteiger partial charge is 0.241 e. The molecule has 2 aliphatic heterocycles. The van der Waals surface area contributed by atoms with Gasteiger partial charge in [-0.25, -0.2) is 0 Å². The summed E-state index contributed by atoms with van der Waals surface area (Å²) in [6.07, 6.45) is 2.83. The zero-order valence-corrected chi connectivity index (χ0v) is 10.8. The SMILES string of the molecule is O=C(Nc1ccc2c(c1)OCCCO2)[C@H]1CCCN1. The number of carbonyl (C=O) groups excluding carboxylic acids is 1. The minimum absolute atomic E-state index is 0.0204. The summed E-state index contributed by atoms with van der Waals surface area (Å²) in [5.41, 5.74) is 0.753. The number of nitrogens with one attached hydrogen (secondary N) is 2. The van der Waals surface area contributed by atoms with Gasteiger partial charge in [0.25, 0.3) is 0 Å². The summed E-state index contributed by atoms with van der Waals surface area (Å²) in [6.45, 7) is 2.23. The molecule has 2 N–H and O–H groups in total. The molecular weight excluding hydrogens is 244 g/mol. The summed E-state index contributed by atoms with van der Waals surface area (Å²) < 4.78 is 11.2. The molecule has 1 fully saturated rings. The molecule has 0 radical (unpaired) electrons. The molecule has 0 saturated carbocycles. The molecule has 0 aliphatic carbocycles. The second-order valence-corrected chi connectivity index (χ2v) is 4.85. The lowest BCUT2D eigenvalue weighted by Crippen LogP contribution is -2.35. The van der Waals surface area contributed by atoms with Crippen molar-refractivity contribution in [3.63, 3.8) is 0 Å². The van der Waals surface area contributed by atoms with Crippen molar-refractivity contribution in [2.75, 3.05) is 25.1 Å². The highest BCUT2D eigenvalue weighted by atomic mass is 16.5. The van der Waals surface area contributed by atoms with Crippen LogP contribution in [0, 0.1) is 0 Å². The number of fused-ring (bicyclic) bond motifs is 1. The van der Waals surface area contributed by atoms with Crippen molar-refractivity contribution >= 4 is 11.6 Å². The van der Waals surface area contributed by atoms with Gasteiger partial charge >= 0.3 is 0 Å². The van der Waals surface area contributed by atoms with Crippen LogP contribution in [0.5, 0.6) is 11.5 Å². The Labute approximate surface area is 112 Å². The molecule has 3 rings (SSSR count). The van der Waals surface area contributed by atoms with Gasteiger partial charge in [-0.1, -0.05) is 0 Å². The maximum Gasteiger partial charge on any atom is 0.241 e. The number of rotatable bonds is 2. The number of hydrogen-bond donors (Lipinski definition) is 2. The molecule has 1 atom stereocenters. The molecule has 0 bridgehead atoms. The van der Waals surface area contributed by atoms with E-state index in [1.54, 1.807) is 0 Å². The predicted molar refractivity (Wildman–Crippen MR) is 71.7 cm³/mol. The third kappa shape index (κ3) is 2.81. The molecule has 2 aliphatic rings. The number of anilines is 1. The van der Waals surface area contributed by atoms with Gasteiger partial charge in [0.1, 0.15) is 0 Å². The van der Waals surface area contributed by atoms with Gasteiger partial charge in [0, 0.05) is 18.2 Å². The zero-order chi connectivity index (χ0) is 13.1. The van der Waals surface area contributed by atoms with Crippen LogP contribution < -0.4 is 20.1 Å². The molecule has 0 spiro atoms. The van der Waals surface area contributed by atoms with Crippen molar-refractivity contribution in [3.8, 4) is 11.5 Å². The van der Waals surface area contributed by atoms with E-state index in [4.69, 9.17) is 9.47 Å². The monoisotopic (exact) mass is 262 g/mol. The van der Waals surface area contributed by atoms with Gasteiger partial charge in [-0.3, -0.25) is 4.79 Å². The Morgan fingerprint density at radius 1 is 1.21 bits per heavy atom. The number of amides is 1. The number of ether oxygens (including phenoxy) is 2. The number of benzene rings is 1. The van der Waals surface area contributed by atoms with Crippen LogP contribution in [-0.4, -0.2) is 31.7 Å². The van der Waals surface area contributed by atoms with E-state index in [9.17, 15) is 4.79 Å². The van der Waals surface area contributed by atoms with Gasteiger partial charge in [0.05, 0.1) is 19.3 Å². The Hall–Kier alpha value is -1.75. The lowest BCUT2D eigenvalue weighted by Gasteiger charge is -2.13. The van der Waals surface area contributed by atoms with Crippen LogP contribution in [0.4, 0.5) is 5.69 Å². The maximum absolute atomic E-state index is 12.0. The zero-order valence-electron chi connectivity index (χ0n) is 10.8. The first-order valence-electron chi connectivity index (χ1n) is 6.77. The molecule has 0 aromatic heterocycles. The molecule has 19 heavy (non-hydrogen) atoms. The van der Waals surface area contributed by atoms with E-state index in [1.807, 2.05) is 18.2 Å². The van der Waals surface area contributed by atoms with Crippen LogP contribution in [0.2, 0.25) is 0 Å². The fourth-order valence-corrected chi connectivity index (χ4v) is 2.38. The van der Waals surface area contributed by atoms with Gasteiger partial charge in [0.2, 0.25) is 5.91 Å². The van der Waals surface area contributed by atoms with Crippen molar-refractivity contribution < 1.29 is 14.3 Å². The van der Waals surface area contributed by atoms with Crippen LogP contribution >= 0.6 is 0 Å². The number of hydrogen-bond acceptors (Lipinski definition) is 4. The lowest BCUT2D eigenvalue weighted by atomic mass is 10.2. The minimum Gasteiger partial charge on any atom is -0.490 e. The summed E-state index contributed by atoms with van der Waals surface area (Å²) in [7, 11) is 0. The molecule has 2 heterocycles. The van der Waals surface area contributed by atoms with Gasteiger partial charge in [0.15, 0.2) is 11.5 Å². The standard InChI is InChI=1S/C14H18N2O3/c17-14(11-3-1-6-15-11)16-10-4-5-12-13(9-10)19-8-2-7-18-12/h4-5,9,11,15H,1-3,6-8H2,(H,16,17)/t11-/m1/s1. The van der Waals surface area contributed by atoms with E-state index in [1.165, 1.54) is 0 Å². The van der Waals surface area contributed by atoms with E-state index in [0.717, 1.165) is 37.2 Å². The van der Waals surface area contributed by atoms with Crippen molar-refractivity contribution in [1.29, 1.82) is 0 Å². The largest absolute Gasteiger partial charge is 0.490 e. The normalized spacial score (nSPS) is 21.8. The second-order valence-electron chi connectivity index (χ2n) is 4.85. The maximum atomic E-state index is 12.0. The van der Waals surface area contributed by atoms with Crippen molar-refractivity contribution in [1.82, 2.24) is 5.32 Å². The summed E-state index contributed by atoms with van der Waals surface area (Å²) in [6, 6.07) is 5.45. The first-order chi connectivity index (χ1) is 9.33. The van der Waals surface area contributed by atoms with E-state index in [2.05, 4.69) is 10.6 Å². The van der Waals surface area contributed by atoms with Crippen LogP contribution in [0.15, 0.2) is 18.2 Å². The molecule has 5 heteroatoms. The Balaban J connectivity index is 1.71. The fraction of sp³-hybridized carbons (Fsp3) is 0.500. The third-order valence-electron chi connectivity index (χ3n) is 3.39. The summed E-state index contributed by atoms with van der Waals surface area (Å²) in [5, 5.41) is 6.10. The molecular formula is C14H18N2O3. The molecule has 0 unspecified atom stereocenters. The van der Waals surface area contributed by atoms with Crippen LogP contribution in [0.3, 0.4) is 0 Å². The van der Waals surface area contributed by atoms with E-state index >= 15 is 0 Å². The Morgan fingerprint density at radius 2 is 2.05 bits per heavy atom. The van der Waals surface area contributed by atoms with Crippen molar-refractivity contribution in [2.45, 2.75) is 25.3 Å². The molecule has 1 aromatic carbocycles. The van der Waals surface area contributed by atoms with Gasteiger partial charge in [-0.2, -0.15) is 0 Å². The third-order valence-corrected chi connectivity index (χ3v) is 3.39. The first-order valence-corrected chi connectivity index (χ1v) is 6.77. The molecule has 1 aromatic rings. The average Bonchev–Trinajstić information content (AvgIpc) is 2.85. The molecule has 5 nitrogen and oxygen atoms in total. The Morgan fingerprint density at radius 3 is 2.84 bits per heavy atom. The fourth-order valence-electron chi connectivity index (χ4n) is 2.38. The molecule has 1 amide bonds. The second kappa shape index (κ2) is 5.48. The predicted octanol–water partition coefficient (Wildman–Crippen LogP) is 1.54.